The number of esters is 1. The number of benzene rings is 1. The molecule has 1 aromatic carbocycles. The summed E-state index contributed by atoms with van der Waals surface area (Å²) in [6.07, 6.45) is 0. The minimum absolute atomic E-state index is 0. The first kappa shape index (κ1) is 11.2. The molecule has 0 spiro atoms. The number of carbonyl (C=O) groups is 1. The molecule has 1 rings (SSSR count). The third-order valence-electron chi connectivity index (χ3n) is 1.20. The Kier molecular flexibility index (Phi) is 5.43. The fraction of sp³-hybridized carbons (Fsp3) is 0.222. The smallest absolute Gasteiger partial charge is 0.506 e. The molecule has 3 heteroatoms. The van der Waals surface area contributed by atoms with E-state index in [0.717, 1.165) is 0 Å². The van der Waals surface area contributed by atoms with Crippen molar-refractivity contribution in [1.82, 2.24) is 0 Å². The van der Waals surface area contributed by atoms with E-state index in [4.69, 9.17) is 4.74 Å². The van der Waals surface area contributed by atoms with Crippen LogP contribution in [0.25, 0.3) is 0 Å². The van der Waals surface area contributed by atoms with E-state index in [0.29, 0.717) is 12.2 Å². The normalized spacial score (nSPS) is 8.42. The van der Waals surface area contributed by atoms with Gasteiger partial charge in [0.25, 0.3) is 0 Å². The van der Waals surface area contributed by atoms with Gasteiger partial charge in [-0.2, -0.15) is 0 Å². The molecule has 0 saturated heterocycles. The van der Waals surface area contributed by atoms with Gasteiger partial charge in [0, 0.05) is 0 Å². The molecule has 0 aliphatic carbocycles. The van der Waals surface area contributed by atoms with Crippen LogP contribution in [0.3, 0.4) is 0 Å². The maximum Gasteiger partial charge on any atom is 1.00 e. The van der Waals surface area contributed by atoms with Gasteiger partial charge in [-0.25, -0.2) is 0 Å². The fourth-order valence-electron chi connectivity index (χ4n) is 0.729. The molecule has 0 heterocycles. The zero-order chi connectivity index (χ0) is 8.10. The van der Waals surface area contributed by atoms with Crippen LogP contribution in [0.4, 0.5) is 0 Å². The molecule has 0 unspecified atom stereocenters. The first-order chi connectivity index (χ1) is 5.34. The van der Waals surface area contributed by atoms with E-state index in [1.807, 2.05) is 6.07 Å². The molecular formula is C9H9CuO2. The van der Waals surface area contributed by atoms with Crippen molar-refractivity contribution in [3.63, 3.8) is 0 Å². The van der Waals surface area contributed by atoms with Crippen LogP contribution in [-0.2, 0) is 21.8 Å². The molecule has 12 heavy (non-hydrogen) atoms. The summed E-state index contributed by atoms with van der Waals surface area (Å²) in [6.45, 7) is 2.18. The van der Waals surface area contributed by atoms with Crippen molar-refractivity contribution in [2.45, 2.75) is 6.92 Å². The summed E-state index contributed by atoms with van der Waals surface area (Å²) < 4.78 is 4.76. The standard InChI is InChI=1S/C9H9O2.Cu/c1-2-11-9(10)8-6-4-3-5-7-8;/h3-6H,2H2,1H3;/q-1;+1. The number of hydrogen-bond donors (Lipinski definition) is 0. The van der Waals surface area contributed by atoms with E-state index in [1.165, 1.54) is 0 Å². The van der Waals surface area contributed by atoms with E-state index < -0.39 is 0 Å². The zero-order valence-corrected chi connectivity index (χ0v) is 7.58. The Morgan fingerprint density at radius 3 is 2.83 bits per heavy atom. The van der Waals surface area contributed by atoms with E-state index in [1.54, 1.807) is 25.1 Å². The van der Waals surface area contributed by atoms with E-state index in [2.05, 4.69) is 6.07 Å². The van der Waals surface area contributed by atoms with Gasteiger partial charge in [0.1, 0.15) is 0 Å². The summed E-state index contributed by atoms with van der Waals surface area (Å²) in [7, 11) is 0. The van der Waals surface area contributed by atoms with Gasteiger partial charge < -0.3 is 9.53 Å². The van der Waals surface area contributed by atoms with Crippen molar-refractivity contribution < 1.29 is 26.6 Å². The molecular weight excluding hydrogens is 204 g/mol. The SMILES string of the molecule is CCOC(=O)c1[c-]cccc1.[Cu+]. The van der Waals surface area contributed by atoms with Crippen molar-refractivity contribution in [2.24, 2.45) is 0 Å². The van der Waals surface area contributed by atoms with Gasteiger partial charge in [0.2, 0.25) is 5.97 Å². The summed E-state index contributed by atoms with van der Waals surface area (Å²) in [5.41, 5.74) is 0.481. The average molecular weight is 213 g/mol. The second-order valence-corrected chi connectivity index (χ2v) is 2.00. The van der Waals surface area contributed by atoms with E-state index in [-0.39, 0.29) is 23.0 Å². The summed E-state index contributed by atoms with van der Waals surface area (Å²) in [5.74, 6) is -0.312. The first-order valence-corrected chi connectivity index (χ1v) is 3.48. The first-order valence-electron chi connectivity index (χ1n) is 3.48. The summed E-state index contributed by atoms with van der Waals surface area (Å²) in [5, 5.41) is 0. The molecule has 0 fully saturated rings. The molecule has 0 atom stereocenters. The van der Waals surface area contributed by atoms with Crippen LogP contribution < -0.4 is 0 Å². The minimum Gasteiger partial charge on any atom is -0.506 e. The van der Waals surface area contributed by atoms with Crippen LogP contribution >= 0.6 is 0 Å². The molecule has 0 amide bonds. The third kappa shape index (κ3) is 3.07. The molecule has 0 aromatic heterocycles. The molecule has 0 aliphatic heterocycles. The molecule has 0 saturated carbocycles. The Hall–Kier alpha value is -0.791. The monoisotopic (exact) mass is 212 g/mol. The Morgan fingerprint density at radius 1 is 1.58 bits per heavy atom. The summed E-state index contributed by atoms with van der Waals surface area (Å²) >= 11 is 0. The molecule has 0 N–H and O–H groups in total. The second kappa shape index (κ2) is 5.81. The van der Waals surface area contributed by atoms with Gasteiger partial charge in [0.05, 0.1) is 6.61 Å². The Balaban J connectivity index is 0.00000121. The van der Waals surface area contributed by atoms with Gasteiger partial charge in [-0.3, -0.25) is 0 Å². The maximum absolute atomic E-state index is 11.0. The minimum atomic E-state index is -0.312. The topological polar surface area (TPSA) is 26.3 Å². The van der Waals surface area contributed by atoms with Crippen LogP contribution in [0.1, 0.15) is 17.3 Å². The van der Waals surface area contributed by atoms with Crippen molar-refractivity contribution in [3.8, 4) is 0 Å². The quantitative estimate of drug-likeness (QED) is 0.424. The number of hydrogen-bond acceptors (Lipinski definition) is 2. The predicted octanol–water partition coefficient (Wildman–Crippen LogP) is 1.66. The van der Waals surface area contributed by atoms with Gasteiger partial charge in [-0.1, -0.05) is 5.56 Å². The van der Waals surface area contributed by atoms with Gasteiger partial charge in [-0.15, -0.1) is 30.3 Å². The van der Waals surface area contributed by atoms with Gasteiger partial charge in [-0.05, 0) is 6.92 Å². The number of carbonyl (C=O) groups excluding carboxylic acids is 1. The third-order valence-corrected chi connectivity index (χ3v) is 1.20. The molecule has 0 aliphatic rings. The fourth-order valence-corrected chi connectivity index (χ4v) is 0.729. The maximum atomic E-state index is 11.0. The Labute approximate surface area is 82.4 Å². The molecule has 2 nitrogen and oxygen atoms in total. The summed E-state index contributed by atoms with van der Waals surface area (Å²) in [4.78, 5) is 11.0. The largest absolute Gasteiger partial charge is 1.00 e. The zero-order valence-electron chi connectivity index (χ0n) is 6.63. The number of ether oxygens (including phenoxy) is 1. The van der Waals surface area contributed by atoms with Crippen molar-refractivity contribution in [3.05, 3.63) is 35.9 Å². The second-order valence-electron chi connectivity index (χ2n) is 2.00. The Bertz CT molecular complexity index is 234. The molecule has 0 bridgehead atoms. The average Bonchev–Trinajstić information content (AvgIpc) is 2.07. The molecule has 1 aromatic rings. The van der Waals surface area contributed by atoms with E-state index in [9.17, 15) is 4.79 Å². The Morgan fingerprint density at radius 2 is 2.33 bits per heavy atom. The number of rotatable bonds is 2. The van der Waals surface area contributed by atoms with Crippen LogP contribution in [0.5, 0.6) is 0 Å². The predicted molar refractivity (Wildman–Crippen MR) is 41.2 cm³/mol. The van der Waals surface area contributed by atoms with Crippen molar-refractivity contribution in [2.75, 3.05) is 6.61 Å². The molecule has 0 radical (unpaired) electrons. The van der Waals surface area contributed by atoms with Gasteiger partial charge in [0.15, 0.2) is 0 Å². The van der Waals surface area contributed by atoms with Crippen LogP contribution in [0.2, 0.25) is 0 Å². The summed E-state index contributed by atoms with van der Waals surface area (Å²) in [6, 6.07) is 9.73. The van der Waals surface area contributed by atoms with Crippen molar-refractivity contribution in [1.29, 1.82) is 0 Å². The van der Waals surface area contributed by atoms with E-state index >= 15 is 0 Å². The van der Waals surface area contributed by atoms with Crippen LogP contribution in [0.15, 0.2) is 24.3 Å². The van der Waals surface area contributed by atoms with Crippen LogP contribution in [-0.4, -0.2) is 12.6 Å². The van der Waals surface area contributed by atoms with Crippen LogP contribution in [0, 0.1) is 6.07 Å². The van der Waals surface area contributed by atoms with Gasteiger partial charge >= 0.3 is 17.1 Å². The molecule has 68 valence electrons. The van der Waals surface area contributed by atoms with Crippen molar-refractivity contribution >= 4 is 5.97 Å².